The van der Waals surface area contributed by atoms with Crippen molar-refractivity contribution in [1.82, 2.24) is 19.3 Å². The number of methoxy groups -OCH3 is 2. The normalized spacial score (nSPS) is 11.0. The third-order valence-corrected chi connectivity index (χ3v) is 6.50. The lowest BCUT2D eigenvalue weighted by Gasteiger charge is -2.17. The first kappa shape index (κ1) is 24.8. The number of carbonyl (C=O) groups excluding carboxylic acids is 1. The molecule has 0 saturated heterocycles. The van der Waals surface area contributed by atoms with Crippen molar-refractivity contribution < 1.29 is 14.3 Å². The molecule has 0 aliphatic rings. The zero-order valence-electron chi connectivity index (χ0n) is 21.8. The van der Waals surface area contributed by atoms with Crippen LogP contribution >= 0.6 is 0 Å². The highest BCUT2D eigenvalue weighted by molar-refractivity contribution is 5.98. The van der Waals surface area contributed by atoms with Gasteiger partial charge in [-0.15, -0.1) is 0 Å². The Morgan fingerprint density at radius 3 is 2.53 bits per heavy atom. The monoisotopic (exact) mass is 509 g/mol. The molecule has 3 aromatic carbocycles. The molecule has 9 nitrogen and oxygen atoms in total. The average Bonchev–Trinajstić information content (AvgIpc) is 3.25. The molecule has 0 atom stereocenters. The van der Waals surface area contributed by atoms with Gasteiger partial charge in [0.25, 0.3) is 5.56 Å². The highest BCUT2D eigenvalue weighted by atomic mass is 16.5. The number of para-hydroxylation sites is 1. The molecule has 5 rings (SSSR count). The Kier molecular flexibility index (Phi) is 6.42. The number of hydrogen-bond acceptors (Lipinski definition) is 7. The Bertz CT molecular complexity index is 1750. The lowest BCUT2D eigenvalue weighted by Crippen LogP contribution is -2.16. The first-order valence-electron chi connectivity index (χ1n) is 12.0. The molecule has 0 fully saturated rings. The van der Waals surface area contributed by atoms with Crippen LogP contribution in [0.15, 0.2) is 71.8 Å². The van der Waals surface area contributed by atoms with E-state index in [1.165, 1.54) is 25.1 Å². The lowest BCUT2D eigenvalue weighted by atomic mass is 10.0. The van der Waals surface area contributed by atoms with Gasteiger partial charge in [-0.1, -0.05) is 24.3 Å². The number of hydrogen-bond donors (Lipinski definition) is 1. The second kappa shape index (κ2) is 9.85. The van der Waals surface area contributed by atoms with Gasteiger partial charge in [0.05, 0.1) is 54.1 Å². The van der Waals surface area contributed by atoms with Crippen LogP contribution in [0.4, 0.5) is 11.5 Å². The number of esters is 1. The van der Waals surface area contributed by atoms with Gasteiger partial charge >= 0.3 is 5.97 Å². The van der Waals surface area contributed by atoms with Crippen molar-refractivity contribution in [3.05, 3.63) is 94.2 Å². The van der Waals surface area contributed by atoms with Crippen molar-refractivity contribution in [3.8, 4) is 22.6 Å². The number of nitrogens with one attached hydrogen (secondary N) is 1. The molecule has 0 aliphatic carbocycles. The summed E-state index contributed by atoms with van der Waals surface area (Å²) >= 11 is 0. The van der Waals surface area contributed by atoms with Crippen LogP contribution < -0.4 is 15.6 Å². The predicted octanol–water partition coefficient (Wildman–Crippen LogP) is 4.94. The van der Waals surface area contributed by atoms with Gasteiger partial charge in [0.15, 0.2) is 0 Å². The molecule has 5 aromatic rings. The first-order valence-corrected chi connectivity index (χ1v) is 12.0. The number of benzene rings is 3. The van der Waals surface area contributed by atoms with E-state index < -0.39 is 5.97 Å². The summed E-state index contributed by atoms with van der Waals surface area (Å²) in [6.07, 6.45) is 1.51. The van der Waals surface area contributed by atoms with E-state index in [0.29, 0.717) is 33.7 Å². The number of carbonyl (C=O) groups is 1. The van der Waals surface area contributed by atoms with Gasteiger partial charge < -0.3 is 19.4 Å². The first-order chi connectivity index (χ1) is 18.3. The van der Waals surface area contributed by atoms with Gasteiger partial charge in [-0.05, 0) is 61.4 Å². The third kappa shape index (κ3) is 4.28. The summed E-state index contributed by atoms with van der Waals surface area (Å²) in [5.41, 5.74) is 5.50. The second-order valence-corrected chi connectivity index (χ2v) is 8.93. The minimum atomic E-state index is -0.507. The standard InChI is InChI=1S/C29H27N5O4/c1-17-8-6-7-9-25(17)34-27(31-24-13-11-20(37-4)15-22(24)29(36)38-5)26(18(2)32-34)19-10-12-23-21(14-19)28(35)33(3)16-30-23/h6-16,31H,1-5H3. The number of aromatic nitrogens is 4. The maximum absolute atomic E-state index is 12.9. The molecule has 0 amide bonds. The van der Waals surface area contributed by atoms with Gasteiger partial charge in [-0.2, -0.15) is 5.10 Å². The second-order valence-electron chi connectivity index (χ2n) is 8.93. The van der Waals surface area contributed by atoms with Gasteiger partial charge in [-0.3, -0.25) is 4.79 Å². The van der Waals surface area contributed by atoms with Crippen molar-refractivity contribution in [2.24, 2.45) is 7.05 Å². The van der Waals surface area contributed by atoms with E-state index in [2.05, 4.69) is 10.3 Å². The molecule has 2 heterocycles. The molecule has 192 valence electrons. The van der Waals surface area contributed by atoms with Gasteiger partial charge in [-0.25, -0.2) is 14.5 Å². The average molecular weight is 510 g/mol. The van der Waals surface area contributed by atoms with Gasteiger partial charge in [0.1, 0.15) is 11.6 Å². The zero-order chi connectivity index (χ0) is 27.0. The molecule has 38 heavy (non-hydrogen) atoms. The molecule has 9 heteroatoms. The van der Waals surface area contributed by atoms with E-state index in [1.54, 1.807) is 25.2 Å². The van der Waals surface area contributed by atoms with Gasteiger partial charge in [0.2, 0.25) is 0 Å². The molecule has 0 aliphatic heterocycles. The Hall–Kier alpha value is -4.92. The van der Waals surface area contributed by atoms with E-state index in [0.717, 1.165) is 28.1 Å². The SMILES string of the molecule is COC(=O)c1cc(OC)ccc1Nc1c(-c2ccc3ncn(C)c(=O)c3c2)c(C)nn1-c1ccccc1C. The number of rotatable bonds is 6. The maximum atomic E-state index is 12.9. The van der Waals surface area contributed by atoms with Crippen LogP contribution in [0.2, 0.25) is 0 Å². The fourth-order valence-corrected chi connectivity index (χ4v) is 4.50. The highest BCUT2D eigenvalue weighted by Crippen LogP contribution is 2.38. The molecule has 0 unspecified atom stereocenters. The molecule has 0 spiro atoms. The molecule has 1 N–H and O–H groups in total. The van der Waals surface area contributed by atoms with Crippen molar-refractivity contribution in [2.75, 3.05) is 19.5 Å². The molecule has 0 radical (unpaired) electrons. The van der Waals surface area contributed by atoms with Crippen LogP contribution in [0.3, 0.4) is 0 Å². The Morgan fingerprint density at radius 2 is 1.79 bits per heavy atom. The van der Waals surface area contributed by atoms with E-state index >= 15 is 0 Å². The number of anilines is 2. The summed E-state index contributed by atoms with van der Waals surface area (Å²) in [4.78, 5) is 29.9. The Balaban J connectivity index is 1.77. The summed E-state index contributed by atoms with van der Waals surface area (Å²) in [5, 5.41) is 8.82. The minimum absolute atomic E-state index is 0.140. The molecular formula is C29H27N5O4. The van der Waals surface area contributed by atoms with Gasteiger partial charge in [0, 0.05) is 12.6 Å². The minimum Gasteiger partial charge on any atom is -0.497 e. The fourth-order valence-electron chi connectivity index (χ4n) is 4.50. The number of nitrogens with zero attached hydrogens (tertiary/aromatic N) is 4. The number of fused-ring (bicyclic) bond motifs is 1. The fraction of sp³-hybridized carbons (Fsp3) is 0.172. The van der Waals surface area contributed by atoms with Crippen LogP contribution in [-0.2, 0) is 11.8 Å². The summed E-state index contributed by atoms with van der Waals surface area (Å²) in [7, 11) is 4.55. The quantitative estimate of drug-likeness (QED) is 0.324. The van der Waals surface area contributed by atoms with Crippen molar-refractivity contribution in [3.63, 3.8) is 0 Å². The summed E-state index contributed by atoms with van der Waals surface area (Å²) in [6.45, 7) is 3.92. The molecule has 0 bridgehead atoms. The zero-order valence-corrected chi connectivity index (χ0v) is 21.8. The van der Waals surface area contributed by atoms with Crippen LogP contribution in [0, 0.1) is 13.8 Å². The van der Waals surface area contributed by atoms with E-state index in [4.69, 9.17) is 14.6 Å². The van der Waals surface area contributed by atoms with Crippen LogP contribution in [-0.4, -0.2) is 39.5 Å². The highest BCUT2D eigenvalue weighted by Gasteiger charge is 2.23. The topological polar surface area (TPSA) is 100 Å². The lowest BCUT2D eigenvalue weighted by molar-refractivity contribution is 0.0601. The van der Waals surface area contributed by atoms with Crippen molar-refractivity contribution >= 4 is 28.4 Å². The molecule has 2 aromatic heterocycles. The summed E-state index contributed by atoms with van der Waals surface area (Å²) in [6, 6.07) is 18.6. The summed E-state index contributed by atoms with van der Waals surface area (Å²) < 4.78 is 13.6. The van der Waals surface area contributed by atoms with Crippen LogP contribution in [0.25, 0.3) is 27.7 Å². The van der Waals surface area contributed by atoms with Crippen molar-refractivity contribution in [1.29, 1.82) is 0 Å². The maximum Gasteiger partial charge on any atom is 0.340 e. The predicted molar refractivity (Wildman–Crippen MR) is 147 cm³/mol. The number of ether oxygens (including phenoxy) is 2. The Labute approximate surface area is 219 Å². The molecule has 0 saturated carbocycles. The van der Waals surface area contributed by atoms with Crippen molar-refractivity contribution in [2.45, 2.75) is 13.8 Å². The third-order valence-electron chi connectivity index (χ3n) is 6.50. The van der Waals surface area contributed by atoms with Crippen LogP contribution in [0.5, 0.6) is 5.75 Å². The Morgan fingerprint density at radius 1 is 1.00 bits per heavy atom. The summed E-state index contributed by atoms with van der Waals surface area (Å²) in [5.74, 6) is 0.650. The van der Waals surface area contributed by atoms with Crippen LogP contribution in [0.1, 0.15) is 21.6 Å². The van der Waals surface area contributed by atoms with E-state index in [-0.39, 0.29) is 5.56 Å². The largest absolute Gasteiger partial charge is 0.497 e. The molecular weight excluding hydrogens is 482 g/mol. The van der Waals surface area contributed by atoms with E-state index in [1.807, 2.05) is 61.0 Å². The van der Waals surface area contributed by atoms with E-state index in [9.17, 15) is 9.59 Å². The smallest absolute Gasteiger partial charge is 0.340 e. The number of aryl methyl sites for hydroxylation is 3.